The molecule has 0 amide bonds. The second-order valence-electron chi connectivity index (χ2n) is 37.6. The van der Waals surface area contributed by atoms with Gasteiger partial charge in [-0.05, 0) is 222 Å². The number of rotatable bonds is 8. The van der Waals surface area contributed by atoms with Gasteiger partial charge in [0.05, 0.1) is 44.1 Å². The molecule has 2 atom stereocenters. The number of benzene rings is 21. The highest BCUT2D eigenvalue weighted by Gasteiger charge is 2.58. The van der Waals surface area contributed by atoms with Crippen molar-refractivity contribution in [3.05, 3.63) is 550 Å². The van der Waals surface area contributed by atoms with Gasteiger partial charge in [0.15, 0.2) is 0 Å². The third-order valence-electron chi connectivity index (χ3n) is 31.3. The molecule has 0 saturated carbocycles. The first-order chi connectivity index (χ1) is 68.4. The van der Waals surface area contributed by atoms with Crippen LogP contribution in [0.5, 0.6) is 46.0 Å². The van der Waals surface area contributed by atoms with Crippen LogP contribution in [0.3, 0.4) is 0 Å². The summed E-state index contributed by atoms with van der Waals surface area (Å²) >= 11 is 0. The average molecular weight is 1760 g/mol. The Morgan fingerprint density at radius 1 is 0.167 bits per heavy atom. The second kappa shape index (κ2) is 27.8. The van der Waals surface area contributed by atoms with Crippen LogP contribution in [0.15, 0.2) is 470 Å². The lowest BCUT2D eigenvalue weighted by molar-refractivity contribution is 0.435. The topological polar surface area (TPSA) is 69.7 Å². The summed E-state index contributed by atoms with van der Waals surface area (Å²) in [6.45, 7) is 0. The van der Waals surface area contributed by atoms with Gasteiger partial charge in [-0.3, -0.25) is 0 Å². The number of ether oxygens (including phenoxy) is 4. The van der Waals surface area contributed by atoms with Crippen LogP contribution in [-0.4, -0.2) is 0 Å². The molecular formula is C130H76N2O6. The van der Waals surface area contributed by atoms with Crippen molar-refractivity contribution in [2.45, 2.75) is 21.7 Å². The molecule has 2 aromatic heterocycles. The van der Waals surface area contributed by atoms with Crippen LogP contribution < -0.4 is 28.7 Å². The fourth-order valence-corrected chi connectivity index (χ4v) is 26.1. The maximum atomic E-state index is 7.73. The molecule has 23 aromatic rings. The van der Waals surface area contributed by atoms with Gasteiger partial charge >= 0.3 is 0 Å². The Morgan fingerprint density at radius 2 is 0.507 bits per heavy atom. The zero-order valence-electron chi connectivity index (χ0n) is 74.2. The molecule has 8 aliphatic rings. The first kappa shape index (κ1) is 75.5. The SMILES string of the molecule is c1ccc2c(c1)Oc1ccccc1C21c2ccccc2-c2ccc(N(c3ccc(-c4ccc5oc6ccccc6c5c4)cc3)c3cccc4c3-c3ccccc3C43c4ccccc4Oc4c(-c5ccc6c(c5)Oc5ccccc5C65c6ccccc6-c6ccc(N(c7cccc8c7-c7ccccc7C87c8ccccc8Oc8ccccc87)c7cccc8oc9ccccc9c78)cc65)cccc43)cc21. The number of fused-ring (bicyclic) bond motifs is 42. The molecule has 138 heavy (non-hydrogen) atoms. The Labute approximate surface area is 794 Å². The van der Waals surface area contributed by atoms with Gasteiger partial charge in [0.2, 0.25) is 0 Å². The van der Waals surface area contributed by atoms with Gasteiger partial charge in [-0.25, -0.2) is 0 Å². The molecule has 642 valence electrons. The van der Waals surface area contributed by atoms with Crippen LogP contribution in [-0.2, 0) is 21.7 Å². The molecule has 4 aliphatic carbocycles. The monoisotopic (exact) mass is 1760 g/mol. The van der Waals surface area contributed by atoms with Gasteiger partial charge in [-0.15, -0.1) is 0 Å². The molecule has 6 heterocycles. The molecule has 4 spiro atoms. The van der Waals surface area contributed by atoms with E-state index in [2.05, 4.69) is 459 Å². The molecule has 0 bridgehead atoms. The van der Waals surface area contributed by atoms with Crippen molar-refractivity contribution >= 4 is 78.0 Å². The summed E-state index contributed by atoms with van der Waals surface area (Å²) in [7, 11) is 0. The third kappa shape index (κ3) is 9.71. The van der Waals surface area contributed by atoms with Crippen LogP contribution in [0.2, 0.25) is 0 Å². The van der Waals surface area contributed by atoms with Crippen molar-refractivity contribution in [2.24, 2.45) is 0 Å². The lowest BCUT2D eigenvalue weighted by Crippen LogP contribution is -2.32. The number of nitrogens with zero attached hydrogens (tertiary/aromatic N) is 2. The molecule has 8 nitrogen and oxygen atoms in total. The summed E-state index contributed by atoms with van der Waals surface area (Å²) < 4.78 is 42.5. The van der Waals surface area contributed by atoms with Crippen LogP contribution in [0, 0.1) is 0 Å². The third-order valence-corrected chi connectivity index (χ3v) is 31.3. The van der Waals surface area contributed by atoms with Crippen LogP contribution in [0.1, 0.15) is 89.0 Å². The smallest absolute Gasteiger partial charge is 0.140 e. The minimum atomic E-state index is -0.911. The summed E-state index contributed by atoms with van der Waals surface area (Å²) in [6.07, 6.45) is 0. The first-order valence-corrected chi connectivity index (χ1v) is 47.5. The van der Waals surface area contributed by atoms with Gasteiger partial charge in [0.1, 0.15) is 68.3 Å². The van der Waals surface area contributed by atoms with Crippen molar-refractivity contribution in [1.29, 1.82) is 0 Å². The molecule has 0 radical (unpaired) electrons. The largest absolute Gasteiger partial charge is 0.457 e. The zero-order chi connectivity index (χ0) is 90.0. The Bertz CT molecular complexity index is 9220. The predicted molar refractivity (Wildman–Crippen MR) is 551 cm³/mol. The fraction of sp³-hybridized carbons (Fsp3) is 0.0308. The predicted octanol–water partition coefficient (Wildman–Crippen LogP) is 33.6. The van der Waals surface area contributed by atoms with Crippen molar-refractivity contribution in [3.63, 3.8) is 0 Å². The van der Waals surface area contributed by atoms with E-state index in [1.807, 2.05) is 12.1 Å². The van der Waals surface area contributed by atoms with Crippen molar-refractivity contribution in [2.75, 3.05) is 9.80 Å². The second-order valence-corrected chi connectivity index (χ2v) is 37.6. The van der Waals surface area contributed by atoms with Gasteiger partial charge in [0, 0.05) is 94.4 Å². The van der Waals surface area contributed by atoms with Crippen molar-refractivity contribution in [3.8, 4) is 113 Å². The van der Waals surface area contributed by atoms with Crippen molar-refractivity contribution in [1.82, 2.24) is 0 Å². The molecule has 21 aromatic carbocycles. The number of hydrogen-bond acceptors (Lipinski definition) is 8. The lowest BCUT2D eigenvalue weighted by Gasteiger charge is -2.41. The number of para-hydroxylation sites is 9. The Hall–Kier alpha value is -18.0. The molecule has 0 fully saturated rings. The van der Waals surface area contributed by atoms with E-state index in [1.54, 1.807) is 0 Å². The van der Waals surface area contributed by atoms with E-state index in [1.165, 1.54) is 38.9 Å². The molecule has 2 unspecified atom stereocenters. The van der Waals surface area contributed by atoms with Gasteiger partial charge in [-0.1, -0.05) is 334 Å². The quantitative estimate of drug-likeness (QED) is 0.149. The summed E-state index contributed by atoms with van der Waals surface area (Å²) in [4.78, 5) is 5.05. The number of anilines is 6. The number of hydrogen-bond donors (Lipinski definition) is 0. The summed E-state index contributed by atoms with van der Waals surface area (Å²) in [5, 5.41) is 4.24. The molecule has 31 rings (SSSR count). The van der Waals surface area contributed by atoms with Crippen molar-refractivity contribution < 1.29 is 27.8 Å². The zero-order valence-corrected chi connectivity index (χ0v) is 74.2. The molecule has 0 saturated heterocycles. The fourth-order valence-electron chi connectivity index (χ4n) is 26.1. The highest BCUT2D eigenvalue weighted by Crippen LogP contribution is 2.71. The van der Waals surface area contributed by atoms with E-state index in [0.717, 1.165) is 241 Å². The molecule has 4 aliphatic heterocycles. The molecular weight excluding hydrogens is 1690 g/mol. The first-order valence-electron chi connectivity index (χ1n) is 47.5. The Balaban J connectivity index is 0.595. The van der Waals surface area contributed by atoms with Gasteiger partial charge in [-0.2, -0.15) is 0 Å². The van der Waals surface area contributed by atoms with Gasteiger partial charge in [0.25, 0.3) is 0 Å². The van der Waals surface area contributed by atoms with Gasteiger partial charge < -0.3 is 37.6 Å². The summed E-state index contributed by atoms with van der Waals surface area (Å²) in [6, 6.07) is 170. The standard InChI is InChI=1S/C130H76N2O6/c1-7-36-93-84(29-1)86-69-67-81(75-107(86)128(93)99-42-13-21-56-117(99)136-118-57-22-14-43-100(118)128)131(80-65-61-77(62-66-80)78-64-72-114-92(73-78)88-31-5-17-52-112(88)133-114)109-49-26-47-105-123(109)90-33-4-10-39-96(90)130(105)102-45-16-24-59-120(102)138-126-83(35-25-48-106(126)130)79-63-71-103-122(74-79)137-119-58-23-15-44-101(119)129(103)94-37-8-2-30-85(94)87-70-68-82(76-108(87)129)132(111-51-28-60-121-125(111)91-34-6-18-53-113(91)134-121)110-50-27-46-104-124(110)89-32-3-9-38-95(89)127(104)97-40-11-19-54-115(97)135-116-55-20-12-41-98(116)127/h1-76H. The van der Waals surface area contributed by atoms with E-state index in [-0.39, 0.29) is 0 Å². The van der Waals surface area contributed by atoms with E-state index in [9.17, 15) is 0 Å². The Morgan fingerprint density at radius 3 is 1.06 bits per heavy atom. The highest BCUT2D eigenvalue weighted by atomic mass is 16.5. The maximum Gasteiger partial charge on any atom is 0.140 e. The minimum Gasteiger partial charge on any atom is -0.457 e. The summed E-state index contributed by atoms with van der Waals surface area (Å²) in [5.41, 5.74) is 37.5. The van der Waals surface area contributed by atoms with Crippen LogP contribution in [0.25, 0.3) is 111 Å². The molecule has 8 heteroatoms. The maximum absolute atomic E-state index is 7.73. The minimum absolute atomic E-state index is 0.728. The van der Waals surface area contributed by atoms with Crippen LogP contribution in [0.4, 0.5) is 34.1 Å². The van der Waals surface area contributed by atoms with E-state index in [0.29, 0.717) is 0 Å². The normalized spacial score (nSPS) is 15.9. The van der Waals surface area contributed by atoms with E-state index < -0.39 is 21.7 Å². The van der Waals surface area contributed by atoms with E-state index in [4.69, 9.17) is 27.8 Å². The highest BCUT2D eigenvalue weighted by molar-refractivity contribution is 6.15. The Kier molecular flexibility index (Phi) is 15.2. The van der Waals surface area contributed by atoms with E-state index >= 15 is 0 Å². The lowest BCUT2D eigenvalue weighted by atomic mass is 9.65. The summed E-state index contributed by atoms with van der Waals surface area (Å²) in [5.74, 6) is 6.47. The number of furan rings is 2. The average Bonchev–Trinajstić information content (AvgIpc) is 1.51. The molecule has 0 N–H and O–H groups in total. The van der Waals surface area contributed by atoms with Crippen LogP contribution >= 0.6 is 0 Å².